The lowest BCUT2D eigenvalue weighted by Gasteiger charge is -2.40. The van der Waals surface area contributed by atoms with Gasteiger partial charge in [0.2, 0.25) is 11.9 Å². The third-order valence-electron chi connectivity index (χ3n) is 4.84. The van der Waals surface area contributed by atoms with Crippen molar-refractivity contribution in [2.75, 3.05) is 35.7 Å². The zero-order chi connectivity index (χ0) is 20.8. The number of rotatable bonds is 3. The third-order valence-corrected chi connectivity index (χ3v) is 4.84. The molecule has 28 heavy (non-hydrogen) atoms. The number of hydrogen-bond acceptors (Lipinski definition) is 7. The Kier molecular flexibility index (Phi) is 5.12. The van der Waals surface area contributed by atoms with Gasteiger partial charge < -0.3 is 25.2 Å². The predicted octanol–water partition coefficient (Wildman–Crippen LogP) is 2.23. The molecule has 0 bridgehead atoms. The maximum Gasteiger partial charge on any atom is 0.410 e. The fourth-order valence-corrected chi connectivity index (χ4v) is 3.51. The fraction of sp³-hybridized carbons (Fsp3) is 0.684. The van der Waals surface area contributed by atoms with Crippen molar-refractivity contribution in [2.45, 2.75) is 59.2 Å². The van der Waals surface area contributed by atoms with E-state index in [4.69, 9.17) is 4.74 Å². The molecule has 2 aliphatic rings. The Morgan fingerprint density at radius 2 is 1.93 bits per heavy atom. The van der Waals surface area contributed by atoms with E-state index in [0.29, 0.717) is 36.2 Å². The van der Waals surface area contributed by atoms with Crippen LogP contribution in [0.25, 0.3) is 0 Å². The van der Waals surface area contributed by atoms with Crippen LogP contribution in [-0.2, 0) is 9.53 Å². The minimum absolute atomic E-state index is 0.0376. The van der Waals surface area contributed by atoms with Crippen LogP contribution in [0.15, 0.2) is 0 Å². The Morgan fingerprint density at radius 1 is 1.29 bits per heavy atom. The first-order chi connectivity index (χ1) is 13.0. The number of aryl methyl sites for hydroxylation is 1. The number of aromatic nitrogens is 2. The molecule has 154 valence electrons. The Morgan fingerprint density at radius 3 is 2.50 bits per heavy atom. The molecule has 0 radical (unpaired) electrons. The zero-order valence-corrected chi connectivity index (χ0v) is 17.7. The molecular weight excluding hydrogens is 360 g/mol. The lowest BCUT2D eigenvalue weighted by molar-refractivity contribution is -0.118. The van der Waals surface area contributed by atoms with Gasteiger partial charge in [-0.2, -0.15) is 4.98 Å². The van der Waals surface area contributed by atoms with Gasteiger partial charge in [-0.3, -0.25) is 4.79 Å². The third kappa shape index (κ3) is 3.98. The van der Waals surface area contributed by atoms with Crippen LogP contribution in [-0.4, -0.2) is 64.7 Å². The van der Waals surface area contributed by atoms with E-state index in [1.165, 1.54) is 0 Å². The lowest BCUT2D eigenvalue weighted by atomic mass is 9.99. The van der Waals surface area contributed by atoms with Crippen molar-refractivity contribution in [3.8, 4) is 0 Å². The van der Waals surface area contributed by atoms with Crippen LogP contribution >= 0.6 is 0 Å². The maximum absolute atomic E-state index is 12.4. The molecule has 9 nitrogen and oxygen atoms in total. The van der Waals surface area contributed by atoms with Crippen LogP contribution < -0.4 is 15.5 Å². The van der Waals surface area contributed by atoms with Gasteiger partial charge in [0, 0.05) is 20.1 Å². The summed E-state index contributed by atoms with van der Waals surface area (Å²) in [4.78, 5) is 37.1. The molecule has 2 amide bonds. The van der Waals surface area contributed by atoms with Crippen LogP contribution in [0.2, 0.25) is 0 Å². The molecule has 1 aromatic heterocycles. The zero-order valence-electron chi connectivity index (χ0n) is 17.7. The summed E-state index contributed by atoms with van der Waals surface area (Å²) < 4.78 is 5.37. The summed E-state index contributed by atoms with van der Waals surface area (Å²) in [5.41, 5.74) is 0.855. The largest absolute Gasteiger partial charge is 0.444 e. The Hall–Kier alpha value is -2.58. The molecule has 1 saturated heterocycles. The number of ether oxygens (including phenoxy) is 1. The second-order valence-electron chi connectivity index (χ2n) is 8.85. The molecule has 0 unspecified atom stereocenters. The first-order valence-electron chi connectivity index (χ1n) is 9.63. The topological polar surface area (TPSA) is 99.7 Å². The van der Waals surface area contributed by atoms with Gasteiger partial charge in [0.05, 0.1) is 11.7 Å². The highest BCUT2D eigenvalue weighted by Crippen LogP contribution is 2.34. The summed E-state index contributed by atoms with van der Waals surface area (Å²) in [7, 11) is 1.88. The van der Waals surface area contributed by atoms with Crippen molar-refractivity contribution in [3.05, 3.63) is 5.69 Å². The first-order valence-corrected chi connectivity index (χ1v) is 9.63. The average molecular weight is 390 g/mol. The summed E-state index contributed by atoms with van der Waals surface area (Å²) in [5, 5.41) is 6.22. The van der Waals surface area contributed by atoms with Crippen molar-refractivity contribution in [1.29, 1.82) is 0 Å². The molecule has 0 spiro atoms. The molecule has 3 heterocycles. The number of fused-ring (bicyclic) bond motifs is 1. The maximum atomic E-state index is 12.4. The molecule has 0 saturated carbocycles. The van der Waals surface area contributed by atoms with Crippen molar-refractivity contribution < 1.29 is 14.3 Å². The number of carbonyl (C=O) groups is 2. The SMILES string of the molecule is Cc1nc(NC2CN(C(=O)OC(C)(C)C)C2)nc2c1NC(=O)[C@H](C(C)C)N2C. The van der Waals surface area contributed by atoms with Crippen LogP contribution in [0, 0.1) is 12.8 Å². The first kappa shape index (κ1) is 20.2. The fourth-order valence-electron chi connectivity index (χ4n) is 3.51. The second-order valence-corrected chi connectivity index (χ2v) is 8.85. The van der Waals surface area contributed by atoms with Crippen molar-refractivity contribution in [2.24, 2.45) is 5.92 Å². The van der Waals surface area contributed by atoms with E-state index in [-0.39, 0.29) is 30.0 Å². The summed E-state index contributed by atoms with van der Waals surface area (Å²) in [6.07, 6.45) is -0.310. The Labute approximate surface area is 165 Å². The monoisotopic (exact) mass is 390 g/mol. The van der Waals surface area contributed by atoms with E-state index in [0.717, 1.165) is 0 Å². The van der Waals surface area contributed by atoms with E-state index < -0.39 is 5.60 Å². The highest BCUT2D eigenvalue weighted by atomic mass is 16.6. The number of likely N-dealkylation sites (N-methyl/N-ethyl adjacent to an activating group) is 1. The molecule has 2 N–H and O–H groups in total. The van der Waals surface area contributed by atoms with Gasteiger partial charge in [0.1, 0.15) is 17.3 Å². The number of likely N-dealkylation sites (tertiary alicyclic amines) is 1. The molecular formula is C19H30N6O3. The van der Waals surface area contributed by atoms with Gasteiger partial charge in [0.15, 0.2) is 5.82 Å². The van der Waals surface area contributed by atoms with E-state index in [2.05, 4.69) is 20.6 Å². The number of anilines is 3. The van der Waals surface area contributed by atoms with Gasteiger partial charge in [-0.15, -0.1) is 0 Å². The molecule has 3 rings (SSSR count). The molecule has 1 atom stereocenters. The second kappa shape index (κ2) is 7.10. The molecule has 1 fully saturated rings. The summed E-state index contributed by atoms with van der Waals surface area (Å²) >= 11 is 0. The molecule has 0 aliphatic carbocycles. The normalized spacial score (nSPS) is 19.9. The minimum atomic E-state index is -0.504. The van der Waals surface area contributed by atoms with Crippen molar-refractivity contribution in [1.82, 2.24) is 14.9 Å². The van der Waals surface area contributed by atoms with Crippen LogP contribution in [0.4, 0.5) is 22.2 Å². The Balaban J connectivity index is 1.69. The molecule has 0 aromatic carbocycles. The van der Waals surface area contributed by atoms with E-state index in [1.807, 2.05) is 53.5 Å². The number of amides is 2. The predicted molar refractivity (Wildman–Crippen MR) is 108 cm³/mol. The number of carbonyl (C=O) groups excluding carboxylic acids is 2. The van der Waals surface area contributed by atoms with Crippen molar-refractivity contribution in [3.63, 3.8) is 0 Å². The smallest absolute Gasteiger partial charge is 0.410 e. The highest BCUT2D eigenvalue weighted by molar-refractivity contribution is 6.03. The van der Waals surface area contributed by atoms with Crippen LogP contribution in [0.5, 0.6) is 0 Å². The quantitative estimate of drug-likeness (QED) is 0.816. The summed E-state index contributed by atoms with van der Waals surface area (Å²) in [5.74, 6) is 1.32. The summed E-state index contributed by atoms with van der Waals surface area (Å²) in [6.45, 7) is 12.5. The van der Waals surface area contributed by atoms with Gasteiger partial charge in [-0.25, -0.2) is 9.78 Å². The van der Waals surface area contributed by atoms with Gasteiger partial charge in [0.25, 0.3) is 0 Å². The highest BCUT2D eigenvalue weighted by Gasteiger charge is 2.37. The number of hydrogen-bond donors (Lipinski definition) is 2. The van der Waals surface area contributed by atoms with E-state index in [9.17, 15) is 9.59 Å². The summed E-state index contributed by atoms with van der Waals surface area (Å²) in [6, 6.07) is -0.213. The van der Waals surface area contributed by atoms with E-state index >= 15 is 0 Å². The number of nitrogens with zero attached hydrogens (tertiary/aromatic N) is 4. The van der Waals surface area contributed by atoms with Crippen molar-refractivity contribution >= 4 is 29.5 Å². The van der Waals surface area contributed by atoms with E-state index in [1.54, 1.807) is 4.90 Å². The van der Waals surface area contributed by atoms with Crippen LogP contribution in [0.1, 0.15) is 40.3 Å². The minimum Gasteiger partial charge on any atom is -0.444 e. The lowest BCUT2D eigenvalue weighted by Crippen LogP contribution is -2.58. The molecule has 9 heteroatoms. The molecule has 1 aromatic rings. The average Bonchev–Trinajstić information content (AvgIpc) is 2.49. The van der Waals surface area contributed by atoms with Gasteiger partial charge in [-0.05, 0) is 33.6 Å². The van der Waals surface area contributed by atoms with Gasteiger partial charge in [-0.1, -0.05) is 13.8 Å². The number of nitrogens with one attached hydrogen (secondary N) is 2. The molecule has 2 aliphatic heterocycles. The standard InChI is InChI=1S/C19H30N6O3/c1-10(2)14-16(26)22-13-11(3)20-17(23-15(13)24(14)7)21-12-8-25(9-12)18(27)28-19(4,5)6/h10,12,14H,8-9H2,1-7H3,(H,22,26)(H,20,21,23)/t14-/m0/s1. The van der Waals surface area contributed by atoms with Gasteiger partial charge >= 0.3 is 6.09 Å². The Bertz CT molecular complexity index is 783. The van der Waals surface area contributed by atoms with Crippen LogP contribution in [0.3, 0.4) is 0 Å².